The molecule has 2 aromatic rings. The van der Waals surface area contributed by atoms with Crippen molar-refractivity contribution in [2.24, 2.45) is 0 Å². The average Bonchev–Trinajstić information content (AvgIpc) is 3.05. The number of halogens is 6. The quantitative estimate of drug-likeness (QED) is 0.601. The fraction of sp³-hybridized carbons (Fsp3) is 0.267. The molecule has 2 amide bonds. The summed E-state index contributed by atoms with van der Waals surface area (Å²) in [6, 6.07) is 3.01. The molecule has 0 saturated heterocycles. The summed E-state index contributed by atoms with van der Waals surface area (Å²) in [7, 11) is 0. The van der Waals surface area contributed by atoms with Gasteiger partial charge < -0.3 is 4.74 Å². The SMILES string of the molecule is CCOC(=O)NNC(=O)c1cnn(-c2cccc(C(F)(F)F)c2)c1C(F)(F)F. The molecule has 0 aliphatic heterocycles. The first-order valence-corrected chi connectivity index (χ1v) is 7.51. The van der Waals surface area contributed by atoms with Gasteiger partial charge in [0.25, 0.3) is 5.91 Å². The smallest absolute Gasteiger partial charge is 0.434 e. The molecule has 0 saturated carbocycles. The number of hydrazine groups is 1. The van der Waals surface area contributed by atoms with Crippen molar-refractivity contribution in [2.75, 3.05) is 6.61 Å². The summed E-state index contributed by atoms with van der Waals surface area (Å²) >= 11 is 0. The molecule has 0 aliphatic carbocycles. The number of aromatic nitrogens is 2. The Labute approximate surface area is 153 Å². The molecule has 2 rings (SSSR count). The van der Waals surface area contributed by atoms with E-state index in [4.69, 9.17) is 0 Å². The van der Waals surface area contributed by atoms with Gasteiger partial charge in [0.2, 0.25) is 0 Å². The summed E-state index contributed by atoms with van der Waals surface area (Å²) in [5.41, 5.74) is -0.951. The molecule has 152 valence electrons. The number of nitrogens with zero attached hydrogens (tertiary/aromatic N) is 2. The van der Waals surface area contributed by atoms with Gasteiger partial charge in [-0.15, -0.1) is 0 Å². The second kappa shape index (κ2) is 7.78. The lowest BCUT2D eigenvalue weighted by molar-refractivity contribution is -0.143. The average molecular weight is 410 g/mol. The molecule has 2 N–H and O–H groups in total. The van der Waals surface area contributed by atoms with E-state index in [0.717, 1.165) is 12.1 Å². The normalized spacial score (nSPS) is 11.8. The van der Waals surface area contributed by atoms with Gasteiger partial charge in [0.1, 0.15) is 0 Å². The van der Waals surface area contributed by atoms with Crippen molar-refractivity contribution in [3.05, 3.63) is 47.3 Å². The van der Waals surface area contributed by atoms with Gasteiger partial charge >= 0.3 is 18.4 Å². The highest BCUT2D eigenvalue weighted by atomic mass is 19.4. The minimum Gasteiger partial charge on any atom is -0.449 e. The summed E-state index contributed by atoms with van der Waals surface area (Å²) in [5, 5.41) is 3.39. The molecule has 0 bridgehead atoms. The zero-order chi connectivity index (χ0) is 21.1. The number of ether oxygens (including phenoxy) is 1. The minimum absolute atomic E-state index is 0.0526. The van der Waals surface area contributed by atoms with Gasteiger partial charge in [0.15, 0.2) is 5.69 Å². The Morgan fingerprint density at radius 3 is 2.36 bits per heavy atom. The first kappa shape index (κ1) is 21.1. The van der Waals surface area contributed by atoms with E-state index in [0.29, 0.717) is 18.3 Å². The Kier molecular flexibility index (Phi) is 5.85. The van der Waals surface area contributed by atoms with E-state index in [9.17, 15) is 35.9 Å². The summed E-state index contributed by atoms with van der Waals surface area (Å²) in [5.74, 6) is -1.39. The Balaban J connectivity index is 2.43. The van der Waals surface area contributed by atoms with E-state index >= 15 is 0 Å². The maximum atomic E-state index is 13.5. The Hall–Kier alpha value is -3.25. The summed E-state index contributed by atoms with van der Waals surface area (Å²) < 4.78 is 83.5. The van der Waals surface area contributed by atoms with E-state index in [1.807, 2.05) is 0 Å². The fourth-order valence-corrected chi connectivity index (χ4v) is 2.14. The van der Waals surface area contributed by atoms with Crippen LogP contribution in [0.15, 0.2) is 30.5 Å². The van der Waals surface area contributed by atoms with Crippen LogP contribution < -0.4 is 10.9 Å². The van der Waals surface area contributed by atoms with Crippen LogP contribution in [-0.4, -0.2) is 28.4 Å². The van der Waals surface area contributed by atoms with Gasteiger partial charge in [0.05, 0.1) is 29.6 Å². The maximum absolute atomic E-state index is 13.5. The van der Waals surface area contributed by atoms with E-state index in [1.165, 1.54) is 6.92 Å². The first-order chi connectivity index (χ1) is 12.9. The molecule has 0 aliphatic rings. The predicted molar refractivity (Wildman–Crippen MR) is 81.2 cm³/mol. The number of amides is 2. The molecule has 1 aromatic heterocycles. The van der Waals surface area contributed by atoms with Crippen molar-refractivity contribution in [1.82, 2.24) is 20.6 Å². The molecule has 1 heterocycles. The van der Waals surface area contributed by atoms with Crippen molar-refractivity contribution in [3.63, 3.8) is 0 Å². The molecule has 0 spiro atoms. The third kappa shape index (κ3) is 4.72. The van der Waals surface area contributed by atoms with Crippen molar-refractivity contribution in [2.45, 2.75) is 19.3 Å². The van der Waals surface area contributed by atoms with Gasteiger partial charge in [-0.1, -0.05) is 6.07 Å². The number of carbonyl (C=O) groups excluding carboxylic acids is 2. The molecular weight excluding hydrogens is 398 g/mol. The van der Waals surface area contributed by atoms with Gasteiger partial charge in [-0.25, -0.2) is 14.9 Å². The third-order valence-electron chi connectivity index (χ3n) is 3.25. The number of nitrogens with one attached hydrogen (secondary N) is 2. The van der Waals surface area contributed by atoms with Crippen molar-refractivity contribution >= 4 is 12.0 Å². The van der Waals surface area contributed by atoms with Crippen LogP contribution in [0, 0.1) is 0 Å². The molecule has 0 radical (unpaired) electrons. The predicted octanol–water partition coefficient (Wildman–Crippen LogP) is 3.30. The van der Waals surface area contributed by atoms with Crippen molar-refractivity contribution in [3.8, 4) is 5.69 Å². The van der Waals surface area contributed by atoms with Crippen LogP contribution in [0.5, 0.6) is 0 Å². The zero-order valence-electron chi connectivity index (χ0n) is 14.0. The van der Waals surface area contributed by atoms with Crippen LogP contribution in [0.1, 0.15) is 28.5 Å². The lowest BCUT2D eigenvalue weighted by atomic mass is 10.1. The third-order valence-corrected chi connectivity index (χ3v) is 3.25. The molecule has 0 atom stereocenters. The fourth-order valence-electron chi connectivity index (χ4n) is 2.14. The Bertz CT molecular complexity index is 875. The van der Waals surface area contributed by atoms with Gasteiger partial charge in [-0.2, -0.15) is 31.4 Å². The molecular formula is C15H12F6N4O3. The zero-order valence-corrected chi connectivity index (χ0v) is 14.0. The second-order valence-electron chi connectivity index (χ2n) is 5.16. The number of rotatable bonds is 3. The van der Waals surface area contributed by atoms with Crippen LogP contribution in [-0.2, 0) is 17.1 Å². The monoisotopic (exact) mass is 410 g/mol. The molecule has 7 nitrogen and oxygen atoms in total. The summed E-state index contributed by atoms with van der Waals surface area (Å²) in [6.45, 7) is 1.41. The molecule has 13 heteroatoms. The van der Waals surface area contributed by atoms with E-state index in [-0.39, 0.29) is 11.3 Å². The summed E-state index contributed by atoms with van der Waals surface area (Å²) in [6.07, 6.45) is -10.5. The molecule has 0 unspecified atom stereocenters. The molecule has 28 heavy (non-hydrogen) atoms. The molecule has 0 fully saturated rings. The van der Waals surface area contributed by atoms with Crippen molar-refractivity contribution in [1.29, 1.82) is 0 Å². The highest BCUT2D eigenvalue weighted by molar-refractivity contribution is 5.96. The van der Waals surface area contributed by atoms with Crippen LogP contribution in [0.25, 0.3) is 5.69 Å². The van der Waals surface area contributed by atoms with Crippen LogP contribution in [0.2, 0.25) is 0 Å². The van der Waals surface area contributed by atoms with E-state index in [2.05, 4.69) is 9.84 Å². The molecule has 1 aromatic carbocycles. The summed E-state index contributed by atoms with van der Waals surface area (Å²) in [4.78, 5) is 23.1. The standard InChI is InChI=1S/C15H12F6N4O3/c1-2-28-13(27)24-23-12(26)10-7-22-25(11(10)15(19,20)21)9-5-3-4-8(6-9)14(16,17)18/h3-7H,2H2,1H3,(H,23,26)(H,24,27). The topological polar surface area (TPSA) is 85.2 Å². The second-order valence-corrected chi connectivity index (χ2v) is 5.16. The highest BCUT2D eigenvalue weighted by Gasteiger charge is 2.41. The van der Waals surface area contributed by atoms with Gasteiger partial charge in [0, 0.05) is 0 Å². The van der Waals surface area contributed by atoms with Gasteiger partial charge in [-0.3, -0.25) is 10.2 Å². The number of hydrogen-bond donors (Lipinski definition) is 2. The number of carbonyl (C=O) groups is 2. The largest absolute Gasteiger partial charge is 0.449 e. The first-order valence-electron chi connectivity index (χ1n) is 7.51. The number of alkyl halides is 6. The van der Waals surface area contributed by atoms with Gasteiger partial charge in [-0.05, 0) is 25.1 Å². The van der Waals surface area contributed by atoms with Crippen molar-refractivity contribution < 1.29 is 40.7 Å². The van der Waals surface area contributed by atoms with Crippen LogP contribution >= 0.6 is 0 Å². The highest BCUT2D eigenvalue weighted by Crippen LogP contribution is 2.35. The number of benzene rings is 1. The lowest BCUT2D eigenvalue weighted by Crippen LogP contribution is -2.42. The Morgan fingerprint density at radius 2 is 1.79 bits per heavy atom. The van der Waals surface area contributed by atoms with E-state index < -0.39 is 46.9 Å². The lowest BCUT2D eigenvalue weighted by Gasteiger charge is -2.14. The minimum atomic E-state index is -5.14. The number of hydrogen-bond acceptors (Lipinski definition) is 4. The Morgan fingerprint density at radius 1 is 1.11 bits per heavy atom. The van der Waals surface area contributed by atoms with E-state index in [1.54, 1.807) is 10.9 Å². The van der Waals surface area contributed by atoms with Crippen LogP contribution in [0.4, 0.5) is 31.1 Å². The van der Waals surface area contributed by atoms with Crippen LogP contribution in [0.3, 0.4) is 0 Å². The maximum Gasteiger partial charge on any atom is 0.434 e.